The number of thioether (sulfide) groups is 1. The van der Waals surface area contributed by atoms with Crippen molar-refractivity contribution in [2.45, 2.75) is 17.2 Å². The maximum absolute atomic E-state index is 13.4. The lowest BCUT2D eigenvalue weighted by Gasteiger charge is -2.16. The third-order valence-corrected chi connectivity index (χ3v) is 7.19. The number of nitrogens with one attached hydrogen (secondary N) is 1. The molecule has 1 amide bonds. The van der Waals surface area contributed by atoms with Gasteiger partial charge < -0.3 is 10.1 Å². The molecule has 33 heavy (non-hydrogen) atoms. The Morgan fingerprint density at radius 2 is 1.79 bits per heavy atom. The quantitative estimate of drug-likeness (QED) is 0.267. The van der Waals surface area contributed by atoms with Gasteiger partial charge in [-0.3, -0.25) is 4.79 Å². The van der Waals surface area contributed by atoms with Crippen LogP contribution >= 0.6 is 23.1 Å². The number of carbonyl (C=O) groups excluding carboxylic acids is 1. The number of fused-ring (bicyclic) bond motifs is 2. The van der Waals surface area contributed by atoms with Gasteiger partial charge >= 0.3 is 0 Å². The van der Waals surface area contributed by atoms with Crippen LogP contribution in [0, 0.1) is 0 Å². The second-order valence-electron chi connectivity index (χ2n) is 7.32. The molecule has 5 aromatic rings. The summed E-state index contributed by atoms with van der Waals surface area (Å²) in [6.45, 7) is 2.54. The highest BCUT2D eigenvalue weighted by Gasteiger charge is 2.24. The van der Waals surface area contributed by atoms with Crippen molar-refractivity contribution in [3.05, 3.63) is 90.5 Å². The van der Waals surface area contributed by atoms with Crippen LogP contribution in [0.15, 0.2) is 90.0 Å². The van der Waals surface area contributed by atoms with Crippen LogP contribution in [0.1, 0.15) is 17.7 Å². The predicted molar refractivity (Wildman–Crippen MR) is 136 cm³/mol. The van der Waals surface area contributed by atoms with Crippen molar-refractivity contribution in [3.63, 3.8) is 0 Å². The number of aromatic nitrogens is 2. The van der Waals surface area contributed by atoms with E-state index in [4.69, 9.17) is 9.72 Å². The van der Waals surface area contributed by atoms with Crippen LogP contribution in [0.4, 0.5) is 5.13 Å². The lowest BCUT2D eigenvalue weighted by Crippen LogP contribution is -2.19. The number of amides is 1. The van der Waals surface area contributed by atoms with E-state index in [1.807, 2.05) is 91.9 Å². The Bertz CT molecular complexity index is 1420. The fraction of sp³-hybridized carbons (Fsp3) is 0.115. The van der Waals surface area contributed by atoms with Crippen LogP contribution in [0.25, 0.3) is 21.1 Å². The number of anilines is 1. The summed E-state index contributed by atoms with van der Waals surface area (Å²) in [6, 6.07) is 27.5. The molecule has 5 nitrogen and oxygen atoms in total. The topological polar surface area (TPSA) is 64.1 Å². The number of para-hydroxylation sites is 1. The number of rotatable bonds is 7. The smallest absolute Gasteiger partial charge is 0.244 e. The third kappa shape index (κ3) is 4.84. The highest BCUT2D eigenvalue weighted by Crippen LogP contribution is 2.37. The van der Waals surface area contributed by atoms with Crippen molar-refractivity contribution >= 4 is 55.3 Å². The van der Waals surface area contributed by atoms with Gasteiger partial charge in [0, 0.05) is 11.5 Å². The second kappa shape index (κ2) is 9.60. The molecule has 0 saturated heterocycles. The van der Waals surface area contributed by atoms with Crippen LogP contribution in [0.5, 0.6) is 5.75 Å². The van der Waals surface area contributed by atoms with E-state index in [-0.39, 0.29) is 5.91 Å². The Morgan fingerprint density at radius 1 is 0.970 bits per heavy atom. The number of hydrogen-bond acceptors (Lipinski definition) is 6. The molecule has 1 atom stereocenters. The Labute approximate surface area is 199 Å². The molecule has 3 aromatic carbocycles. The van der Waals surface area contributed by atoms with Gasteiger partial charge in [-0.1, -0.05) is 77.7 Å². The summed E-state index contributed by atoms with van der Waals surface area (Å²) >= 11 is 2.88. The van der Waals surface area contributed by atoms with E-state index in [2.05, 4.69) is 10.3 Å². The van der Waals surface area contributed by atoms with E-state index in [9.17, 15) is 4.79 Å². The van der Waals surface area contributed by atoms with Crippen molar-refractivity contribution in [3.8, 4) is 5.75 Å². The molecule has 0 aliphatic carbocycles. The first-order valence-corrected chi connectivity index (χ1v) is 12.3. The van der Waals surface area contributed by atoms with Gasteiger partial charge in [0.2, 0.25) is 5.91 Å². The molecular formula is C26H21N3O2S2. The fourth-order valence-electron chi connectivity index (χ4n) is 3.52. The van der Waals surface area contributed by atoms with E-state index in [0.717, 1.165) is 37.5 Å². The first-order valence-electron chi connectivity index (χ1n) is 10.6. The summed E-state index contributed by atoms with van der Waals surface area (Å²) in [5, 5.41) is 4.98. The van der Waals surface area contributed by atoms with Gasteiger partial charge in [-0.2, -0.15) is 0 Å². The lowest BCUT2D eigenvalue weighted by molar-refractivity contribution is -0.115. The van der Waals surface area contributed by atoms with Gasteiger partial charge in [0.25, 0.3) is 0 Å². The Morgan fingerprint density at radius 3 is 2.64 bits per heavy atom. The van der Waals surface area contributed by atoms with Crippen molar-refractivity contribution < 1.29 is 9.53 Å². The number of pyridine rings is 1. The zero-order valence-corrected chi connectivity index (χ0v) is 19.5. The molecule has 5 rings (SSSR count). The number of hydrogen-bond donors (Lipinski definition) is 1. The van der Waals surface area contributed by atoms with Gasteiger partial charge in [0.05, 0.1) is 27.4 Å². The van der Waals surface area contributed by atoms with Crippen LogP contribution in [0.2, 0.25) is 0 Å². The van der Waals surface area contributed by atoms with Gasteiger partial charge in [0.15, 0.2) is 5.13 Å². The molecule has 0 fully saturated rings. The van der Waals surface area contributed by atoms with Gasteiger partial charge in [0.1, 0.15) is 11.0 Å². The van der Waals surface area contributed by atoms with E-state index < -0.39 is 5.25 Å². The number of carbonyl (C=O) groups is 1. The van der Waals surface area contributed by atoms with Gasteiger partial charge in [-0.05, 0) is 36.8 Å². The van der Waals surface area contributed by atoms with E-state index in [0.29, 0.717) is 11.7 Å². The Balaban J connectivity index is 1.42. The summed E-state index contributed by atoms with van der Waals surface area (Å²) in [5.41, 5.74) is 2.63. The molecule has 0 saturated carbocycles. The zero-order valence-electron chi connectivity index (χ0n) is 17.9. The summed E-state index contributed by atoms with van der Waals surface area (Å²) in [5.74, 6) is 0.638. The standard InChI is InChI=1S/C26H21N3O2S2/c1-2-31-19-13-14-22-21(16-19)28-26(32-22)29-25(30)24(18-9-4-3-5-10-18)33-23-15-12-17-8-6-7-11-20(17)27-23/h3-16,24H,2H2,1H3,(H,28,29,30)/t24-/m1/s1. The van der Waals surface area contributed by atoms with Crippen LogP contribution in [-0.4, -0.2) is 22.5 Å². The Kier molecular flexibility index (Phi) is 6.24. The van der Waals surface area contributed by atoms with Crippen molar-refractivity contribution in [2.75, 3.05) is 11.9 Å². The van der Waals surface area contributed by atoms with Crippen LogP contribution in [-0.2, 0) is 4.79 Å². The highest BCUT2D eigenvalue weighted by atomic mass is 32.2. The van der Waals surface area contributed by atoms with E-state index in [1.54, 1.807) is 0 Å². The maximum Gasteiger partial charge on any atom is 0.244 e. The average molecular weight is 472 g/mol. The fourth-order valence-corrected chi connectivity index (χ4v) is 5.37. The number of nitrogens with zero attached hydrogens (tertiary/aromatic N) is 2. The molecular weight excluding hydrogens is 450 g/mol. The number of benzene rings is 3. The van der Waals surface area contributed by atoms with Gasteiger partial charge in [-0.15, -0.1) is 0 Å². The molecule has 0 aliphatic heterocycles. The average Bonchev–Trinajstić information content (AvgIpc) is 3.24. The highest BCUT2D eigenvalue weighted by molar-refractivity contribution is 8.00. The minimum atomic E-state index is -0.467. The Hall–Kier alpha value is -3.42. The van der Waals surface area contributed by atoms with Crippen molar-refractivity contribution in [2.24, 2.45) is 0 Å². The summed E-state index contributed by atoms with van der Waals surface area (Å²) in [6.07, 6.45) is 0. The van der Waals surface area contributed by atoms with E-state index in [1.165, 1.54) is 23.1 Å². The summed E-state index contributed by atoms with van der Waals surface area (Å²) in [4.78, 5) is 22.8. The van der Waals surface area contributed by atoms with Gasteiger partial charge in [-0.25, -0.2) is 9.97 Å². The maximum atomic E-state index is 13.4. The molecule has 0 radical (unpaired) electrons. The summed E-state index contributed by atoms with van der Waals surface area (Å²) in [7, 11) is 0. The molecule has 1 N–H and O–H groups in total. The van der Waals surface area contributed by atoms with Crippen molar-refractivity contribution in [1.82, 2.24) is 9.97 Å². The molecule has 7 heteroatoms. The lowest BCUT2D eigenvalue weighted by atomic mass is 10.1. The summed E-state index contributed by atoms with van der Waals surface area (Å²) < 4.78 is 6.56. The minimum Gasteiger partial charge on any atom is -0.494 e. The molecule has 2 heterocycles. The predicted octanol–water partition coefficient (Wildman–Crippen LogP) is 6.72. The number of ether oxygens (including phenoxy) is 1. The van der Waals surface area contributed by atoms with E-state index >= 15 is 0 Å². The largest absolute Gasteiger partial charge is 0.494 e. The molecule has 0 spiro atoms. The molecule has 2 aromatic heterocycles. The van der Waals surface area contributed by atoms with Crippen LogP contribution in [0.3, 0.4) is 0 Å². The first-order chi connectivity index (χ1) is 16.2. The molecule has 164 valence electrons. The molecule has 0 bridgehead atoms. The second-order valence-corrected chi connectivity index (χ2v) is 9.48. The monoisotopic (exact) mass is 471 g/mol. The third-order valence-electron chi connectivity index (χ3n) is 5.05. The molecule has 0 aliphatic rings. The van der Waals surface area contributed by atoms with Crippen LogP contribution < -0.4 is 10.1 Å². The first kappa shape index (κ1) is 21.4. The normalized spacial score (nSPS) is 12.0. The minimum absolute atomic E-state index is 0.134. The van der Waals surface area contributed by atoms with Crippen molar-refractivity contribution in [1.29, 1.82) is 0 Å². The molecule has 0 unspecified atom stereocenters. The SMILES string of the molecule is CCOc1ccc2sc(NC(=O)[C@H](Sc3ccc4ccccc4n3)c3ccccc3)nc2c1. The number of thiazole rings is 1. The zero-order chi connectivity index (χ0) is 22.6.